The second kappa shape index (κ2) is 8.23. The summed E-state index contributed by atoms with van der Waals surface area (Å²) in [5.41, 5.74) is 2.86. The molecule has 27 heavy (non-hydrogen) atoms. The predicted molar refractivity (Wildman–Crippen MR) is 109 cm³/mol. The number of piperidine rings is 1. The van der Waals surface area contributed by atoms with Crippen LogP contribution in [0.4, 0.5) is 11.5 Å². The van der Waals surface area contributed by atoms with Gasteiger partial charge in [0.15, 0.2) is 5.82 Å². The first kappa shape index (κ1) is 19.6. The van der Waals surface area contributed by atoms with Gasteiger partial charge in [0, 0.05) is 30.9 Å². The van der Waals surface area contributed by atoms with Crippen LogP contribution in [0.3, 0.4) is 0 Å². The van der Waals surface area contributed by atoms with E-state index in [2.05, 4.69) is 20.8 Å². The fourth-order valence-corrected chi connectivity index (χ4v) is 3.93. The van der Waals surface area contributed by atoms with E-state index in [9.17, 15) is 4.79 Å². The van der Waals surface area contributed by atoms with E-state index in [4.69, 9.17) is 0 Å². The highest BCUT2D eigenvalue weighted by molar-refractivity contribution is 5.95. The highest BCUT2D eigenvalue weighted by atomic mass is 35.5. The van der Waals surface area contributed by atoms with E-state index in [-0.39, 0.29) is 18.3 Å². The van der Waals surface area contributed by atoms with E-state index >= 15 is 0 Å². The SMILES string of the molecule is Cc1ccc(Nc2cccc(C(=O)N3CCC4(CCNC4)CC3)c2)nn1.Cl. The van der Waals surface area contributed by atoms with Crippen molar-refractivity contribution in [3.63, 3.8) is 0 Å². The van der Waals surface area contributed by atoms with Gasteiger partial charge in [-0.05, 0) is 68.5 Å². The molecule has 144 valence electrons. The minimum absolute atomic E-state index is 0. The third-order valence-corrected chi connectivity index (χ3v) is 5.62. The number of likely N-dealkylation sites (tertiary alicyclic amines) is 1. The summed E-state index contributed by atoms with van der Waals surface area (Å²) < 4.78 is 0. The molecular weight excluding hydrogens is 362 g/mol. The first-order valence-electron chi connectivity index (χ1n) is 9.31. The molecule has 2 N–H and O–H groups in total. The number of benzene rings is 1. The quantitative estimate of drug-likeness (QED) is 0.846. The lowest BCUT2D eigenvalue weighted by Crippen LogP contribution is -2.44. The molecule has 1 spiro atoms. The van der Waals surface area contributed by atoms with E-state index in [1.54, 1.807) is 0 Å². The van der Waals surface area contributed by atoms with Crippen molar-refractivity contribution < 1.29 is 4.79 Å². The lowest BCUT2D eigenvalue weighted by molar-refractivity contribution is 0.0608. The molecule has 1 amide bonds. The Balaban J connectivity index is 0.00000210. The Hall–Kier alpha value is -2.18. The molecule has 4 rings (SSSR count). The molecule has 2 aliphatic rings. The largest absolute Gasteiger partial charge is 0.339 e. The fourth-order valence-electron chi connectivity index (χ4n) is 3.93. The number of carbonyl (C=O) groups is 1. The molecule has 2 fully saturated rings. The number of aryl methyl sites for hydroxylation is 1. The average molecular weight is 388 g/mol. The van der Waals surface area contributed by atoms with Crippen LogP contribution in [0, 0.1) is 12.3 Å². The summed E-state index contributed by atoms with van der Waals surface area (Å²) in [7, 11) is 0. The number of nitrogens with one attached hydrogen (secondary N) is 2. The van der Waals surface area contributed by atoms with Gasteiger partial charge in [-0.15, -0.1) is 17.5 Å². The van der Waals surface area contributed by atoms with E-state index in [0.717, 1.165) is 56.0 Å². The molecule has 0 saturated carbocycles. The average Bonchev–Trinajstić information content (AvgIpc) is 3.12. The number of rotatable bonds is 3. The molecular formula is C20H26ClN5O. The van der Waals surface area contributed by atoms with Crippen LogP contribution in [0.1, 0.15) is 35.3 Å². The molecule has 3 heterocycles. The lowest BCUT2D eigenvalue weighted by Gasteiger charge is -2.39. The van der Waals surface area contributed by atoms with Crippen molar-refractivity contribution in [1.29, 1.82) is 0 Å². The van der Waals surface area contributed by atoms with E-state index < -0.39 is 0 Å². The number of nitrogens with zero attached hydrogens (tertiary/aromatic N) is 3. The molecule has 1 aromatic heterocycles. The first-order chi connectivity index (χ1) is 12.6. The zero-order chi connectivity index (χ0) is 18.0. The number of carbonyl (C=O) groups excluding carboxylic acids is 1. The van der Waals surface area contributed by atoms with Crippen molar-refractivity contribution in [2.75, 3.05) is 31.5 Å². The summed E-state index contributed by atoms with van der Waals surface area (Å²) in [6.45, 7) is 5.82. The second-order valence-electron chi connectivity index (χ2n) is 7.48. The summed E-state index contributed by atoms with van der Waals surface area (Å²) >= 11 is 0. The van der Waals surface area contributed by atoms with Gasteiger partial charge in [-0.3, -0.25) is 4.79 Å². The molecule has 7 heteroatoms. The molecule has 2 aromatic rings. The molecule has 6 nitrogen and oxygen atoms in total. The standard InChI is InChI=1S/C20H25N5O.ClH/c1-15-5-6-18(24-23-15)22-17-4-2-3-16(13-17)19(26)25-11-8-20(9-12-25)7-10-21-14-20;/h2-6,13,21H,7-12,14H2,1H3,(H,22,24);1H. The molecule has 2 saturated heterocycles. The van der Waals surface area contributed by atoms with E-state index in [1.165, 1.54) is 6.42 Å². The summed E-state index contributed by atoms with van der Waals surface area (Å²) in [6.07, 6.45) is 3.44. The summed E-state index contributed by atoms with van der Waals surface area (Å²) in [5, 5.41) is 14.9. The van der Waals surface area contributed by atoms with Gasteiger partial charge in [-0.2, -0.15) is 5.10 Å². The molecule has 1 aromatic carbocycles. The summed E-state index contributed by atoms with van der Waals surface area (Å²) in [6, 6.07) is 11.4. The van der Waals surface area contributed by atoms with Crippen LogP contribution in [0.15, 0.2) is 36.4 Å². The van der Waals surface area contributed by atoms with Gasteiger partial charge in [0.2, 0.25) is 0 Å². The van der Waals surface area contributed by atoms with Gasteiger partial charge in [-0.1, -0.05) is 6.07 Å². The minimum Gasteiger partial charge on any atom is -0.339 e. The van der Waals surface area contributed by atoms with Crippen molar-refractivity contribution in [3.8, 4) is 0 Å². The summed E-state index contributed by atoms with van der Waals surface area (Å²) in [5.74, 6) is 0.790. The van der Waals surface area contributed by atoms with Crippen LogP contribution < -0.4 is 10.6 Å². The zero-order valence-corrected chi connectivity index (χ0v) is 16.4. The minimum atomic E-state index is 0. The third kappa shape index (κ3) is 4.39. The van der Waals surface area contributed by atoms with E-state index in [0.29, 0.717) is 11.2 Å². The van der Waals surface area contributed by atoms with Crippen LogP contribution in [0.25, 0.3) is 0 Å². The predicted octanol–water partition coefficient (Wildman–Crippen LogP) is 3.17. The Bertz CT molecular complexity index is 779. The molecule has 2 aliphatic heterocycles. The normalized spacial score (nSPS) is 18.2. The maximum absolute atomic E-state index is 12.9. The van der Waals surface area contributed by atoms with Gasteiger partial charge in [0.1, 0.15) is 0 Å². The first-order valence-corrected chi connectivity index (χ1v) is 9.31. The molecule has 0 unspecified atom stereocenters. The van der Waals surface area contributed by atoms with Crippen molar-refractivity contribution in [3.05, 3.63) is 47.7 Å². The Morgan fingerprint density at radius 1 is 1.15 bits per heavy atom. The van der Waals surface area contributed by atoms with Crippen molar-refractivity contribution in [2.45, 2.75) is 26.2 Å². The van der Waals surface area contributed by atoms with Gasteiger partial charge in [-0.25, -0.2) is 0 Å². The smallest absolute Gasteiger partial charge is 0.253 e. The Morgan fingerprint density at radius 2 is 1.96 bits per heavy atom. The third-order valence-electron chi connectivity index (χ3n) is 5.62. The van der Waals surface area contributed by atoms with Gasteiger partial charge in [0.25, 0.3) is 5.91 Å². The zero-order valence-electron chi connectivity index (χ0n) is 15.6. The number of halogens is 1. The van der Waals surface area contributed by atoms with Gasteiger partial charge < -0.3 is 15.5 Å². The number of hydrogen-bond acceptors (Lipinski definition) is 5. The van der Waals surface area contributed by atoms with Crippen LogP contribution in [-0.4, -0.2) is 47.2 Å². The van der Waals surface area contributed by atoms with Crippen LogP contribution in [0.2, 0.25) is 0 Å². The van der Waals surface area contributed by atoms with E-state index in [1.807, 2.05) is 48.2 Å². The van der Waals surface area contributed by atoms with Crippen LogP contribution in [-0.2, 0) is 0 Å². The molecule has 0 radical (unpaired) electrons. The molecule has 0 atom stereocenters. The second-order valence-corrected chi connectivity index (χ2v) is 7.48. The number of anilines is 2. The lowest BCUT2D eigenvalue weighted by atomic mass is 9.78. The number of aromatic nitrogens is 2. The summed E-state index contributed by atoms with van der Waals surface area (Å²) in [4.78, 5) is 14.9. The fraction of sp³-hybridized carbons (Fsp3) is 0.450. The van der Waals surface area contributed by atoms with Gasteiger partial charge in [0.05, 0.1) is 5.69 Å². The highest BCUT2D eigenvalue weighted by Gasteiger charge is 2.38. The number of amides is 1. The Labute approximate surface area is 166 Å². The maximum Gasteiger partial charge on any atom is 0.253 e. The van der Waals surface area contributed by atoms with Crippen molar-refractivity contribution >= 4 is 29.8 Å². The monoisotopic (exact) mass is 387 g/mol. The topological polar surface area (TPSA) is 70.2 Å². The number of hydrogen-bond donors (Lipinski definition) is 2. The van der Waals surface area contributed by atoms with Crippen molar-refractivity contribution in [2.24, 2.45) is 5.41 Å². The maximum atomic E-state index is 12.9. The van der Waals surface area contributed by atoms with Crippen LogP contribution in [0.5, 0.6) is 0 Å². The highest BCUT2D eigenvalue weighted by Crippen LogP contribution is 2.37. The van der Waals surface area contributed by atoms with Gasteiger partial charge >= 0.3 is 0 Å². The molecule has 0 bridgehead atoms. The van der Waals surface area contributed by atoms with Crippen molar-refractivity contribution in [1.82, 2.24) is 20.4 Å². The van der Waals surface area contributed by atoms with Crippen LogP contribution >= 0.6 is 12.4 Å². The Kier molecular flexibility index (Phi) is 5.97. The molecule has 0 aliphatic carbocycles. The Morgan fingerprint density at radius 3 is 2.63 bits per heavy atom.